The van der Waals surface area contributed by atoms with Crippen molar-refractivity contribution >= 4 is 55.7 Å². The van der Waals surface area contributed by atoms with E-state index in [0.717, 1.165) is 67.5 Å². The van der Waals surface area contributed by atoms with Gasteiger partial charge in [-0.3, -0.25) is 0 Å². The lowest BCUT2D eigenvalue weighted by atomic mass is 9.95. The normalized spacial score (nSPS) is 11.2. The topological polar surface area (TPSA) is 6.48 Å². The Labute approximate surface area is 493 Å². The van der Waals surface area contributed by atoms with Crippen molar-refractivity contribution in [1.29, 1.82) is 0 Å². The van der Waals surface area contributed by atoms with Crippen molar-refractivity contribution in [2.45, 2.75) is 13.8 Å². The molecule has 14 aromatic carbocycles. The SMILES string of the molecule is Cc1cc(-c2ccc(N(c3ccc(-c4cccc5ccccc45)cc3)c3ccccc3-c3ccc(-c4ccccc4)cc3)c(C)c2)ccc1N(c1ccc(-c2cccc3ccccc23)cc1)c1ccccc1-c1ccc(-c2ccccc2)cc1. The zero-order valence-corrected chi connectivity index (χ0v) is 47.1. The molecule has 0 aromatic heterocycles. The first-order chi connectivity index (χ1) is 41.5. The lowest BCUT2D eigenvalue weighted by molar-refractivity contribution is 1.24. The standard InChI is InChI=1S/C82H60N2/c1-57-55-69(47-53-79(57)83(71-49-43-65(44-50-71)75-31-17-25-63-23-9-11-27-73(63)75)81-33-15-13-29-77(81)67-39-35-61(36-40-67)59-19-5-3-6-20-59)70-48-54-80(58(2)56-70)84(72-51-45-66(46-52-72)76-32-18-26-64-24-10-12-28-74(64)76)82-34-16-14-30-78(82)68-41-37-62(38-42-68)60-21-7-4-8-22-60/h3-56H,1-2H3. The summed E-state index contributed by atoms with van der Waals surface area (Å²) in [6.45, 7) is 4.50. The van der Waals surface area contributed by atoms with Crippen molar-refractivity contribution in [2.24, 2.45) is 0 Å². The van der Waals surface area contributed by atoms with Crippen LogP contribution >= 0.6 is 0 Å². The molecule has 0 aliphatic rings. The van der Waals surface area contributed by atoms with E-state index in [0.29, 0.717) is 0 Å². The van der Waals surface area contributed by atoms with E-state index in [9.17, 15) is 0 Å². The number of aryl methyl sites for hydroxylation is 2. The minimum atomic E-state index is 1.08. The highest BCUT2D eigenvalue weighted by Crippen LogP contribution is 2.47. The molecule has 0 aliphatic heterocycles. The first-order valence-corrected chi connectivity index (χ1v) is 29.0. The quantitative estimate of drug-likeness (QED) is 0.114. The second-order valence-electron chi connectivity index (χ2n) is 21.7. The Kier molecular flexibility index (Phi) is 13.8. The van der Waals surface area contributed by atoms with Crippen LogP contribution in [0.1, 0.15) is 11.1 Å². The molecule has 0 radical (unpaired) electrons. The highest BCUT2D eigenvalue weighted by molar-refractivity contribution is 5.99. The fourth-order valence-electron chi connectivity index (χ4n) is 12.3. The van der Waals surface area contributed by atoms with Gasteiger partial charge in [0.25, 0.3) is 0 Å². The third-order valence-electron chi connectivity index (χ3n) is 16.6. The van der Waals surface area contributed by atoms with Crippen LogP contribution in [0.15, 0.2) is 328 Å². The third-order valence-corrected chi connectivity index (χ3v) is 16.6. The second-order valence-corrected chi connectivity index (χ2v) is 21.7. The van der Waals surface area contributed by atoms with Gasteiger partial charge in [-0.25, -0.2) is 0 Å². The number of benzene rings is 14. The Morgan fingerprint density at radius 1 is 0.190 bits per heavy atom. The molecular formula is C82H60N2. The molecule has 0 spiro atoms. The molecule has 0 aliphatic carbocycles. The van der Waals surface area contributed by atoms with Crippen LogP contribution in [0.5, 0.6) is 0 Å². The lowest BCUT2D eigenvalue weighted by Crippen LogP contribution is -2.13. The maximum atomic E-state index is 2.44. The van der Waals surface area contributed by atoms with E-state index in [1.54, 1.807) is 0 Å². The molecule has 2 nitrogen and oxygen atoms in total. The summed E-state index contributed by atoms with van der Waals surface area (Å²) < 4.78 is 0. The minimum absolute atomic E-state index is 1.08. The van der Waals surface area contributed by atoms with Gasteiger partial charge in [0.1, 0.15) is 0 Å². The molecule has 0 N–H and O–H groups in total. The van der Waals surface area contributed by atoms with Gasteiger partial charge in [-0.2, -0.15) is 0 Å². The van der Waals surface area contributed by atoms with E-state index in [4.69, 9.17) is 0 Å². The van der Waals surface area contributed by atoms with Crippen LogP contribution in [0.2, 0.25) is 0 Å². The largest absolute Gasteiger partial charge is 0.310 e. The van der Waals surface area contributed by atoms with E-state index >= 15 is 0 Å². The summed E-state index contributed by atoms with van der Waals surface area (Å²) in [7, 11) is 0. The van der Waals surface area contributed by atoms with Crippen molar-refractivity contribution in [3.05, 3.63) is 339 Å². The summed E-state index contributed by atoms with van der Waals surface area (Å²) in [5.41, 5.74) is 25.5. The predicted molar refractivity (Wildman–Crippen MR) is 358 cm³/mol. The number of hydrogen-bond donors (Lipinski definition) is 0. The van der Waals surface area contributed by atoms with Crippen LogP contribution in [0.25, 0.3) is 99.4 Å². The Morgan fingerprint density at radius 3 is 0.881 bits per heavy atom. The van der Waals surface area contributed by atoms with Crippen molar-refractivity contribution < 1.29 is 0 Å². The van der Waals surface area contributed by atoms with Gasteiger partial charge in [0.15, 0.2) is 0 Å². The Bertz CT molecular complexity index is 4330. The predicted octanol–water partition coefficient (Wildman–Crippen LogP) is 23.2. The maximum Gasteiger partial charge on any atom is 0.0540 e. The van der Waals surface area contributed by atoms with E-state index in [-0.39, 0.29) is 0 Å². The monoisotopic (exact) mass is 1070 g/mol. The molecule has 0 bridgehead atoms. The van der Waals surface area contributed by atoms with E-state index in [2.05, 4.69) is 351 Å². The molecule has 0 atom stereocenters. The van der Waals surface area contributed by atoms with Gasteiger partial charge in [-0.15, -0.1) is 0 Å². The highest BCUT2D eigenvalue weighted by Gasteiger charge is 2.23. The molecule has 398 valence electrons. The van der Waals surface area contributed by atoms with Crippen molar-refractivity contribution in [3.63, 3.8) is 0 Å². The average Bonchev–Trinajstić information content (AvgIpc) is 2.97. The Morgan fingerprint density at radius 2 is 0.476 bits per heavy atom. The van der Waals surface area contributed by atoms with Gasteiger partial charge in [0.05, 0.1) is 11.4 Å². The van der Waals surface area contributed by atoms with Gasteiger partial charge < -0.3 is 9.80 Å². The molecule has 0 heterocycles. The van der Waals surface area contributed by atoms with Gasteiger partial charge in [-0.1, -0.05) is 267 Å². The number of anilines is 6. The summed E-state index contributed by atoms with van der Waals surface area (Å²) in [5, 5.41) is 4.97. The molecule has 0 unspecified atom stereocenters. The number of rotatable bonds is 13. The van der Waals surface area contributed by atoms with Gasteiger partial charge in [0, 0.05) is 33.9 Å². The minimum Gasteiger partial charge on any atom is -0.310 e. The summed E-state index contributed by atoms with van der Waals surface area (Å²) in [5.74, 6) is 0. The summed E-state index contributed by atoms with van der Waals surface area (Å²) in [6, 6.07) is 119. The fourth-order valence-corrected chi connectivity index (χ4v) is 12.3. The molecule has 2 heteroatoms. The number of para-hydroxylation sites is 2. The van der Waals surface area contributed by atoms with Crippen LogP contribution < -0.4 is 9.80 Å². The summed E-state index contributed by atoms with van der Waals surface area (Å²) >= 11 is 0. The molecule has 14 rings (SSSR count). The van der Waals surface area contributed by atoms with Gasteiger partial charge >= 0.3 is 0 Å². The van der Waals surface area contributed by atoms with Gasteiger partial charge in [0.2, 0.25) is 0 Å². The Hall–Kier alpha value is -10.8. The number of nitrogens with zero attached hydrogens (tertiary/aromatic N) is 2. The smallest absolute Gasteiger partial charge is 0.0540 e. The van der Waals surface area contributed by atoms with Crippen molar-refractivity contribution in [1.82, 2.24) is 0 Å². The molecule has 0 fully saturated rings. The third kappa shape index (κ3) is 10.0. The van der Waals surface area contributed by atoms with E-state index in [1.165, 1.54) is 77.2 Å². The lowest BCUT2D eigenvalue weighted by Gasteiger charge is -2.30. The number of fused-ring (bicyclic) bond motifs is 2. The molecule has 0 saturated heterocycles. The zero-order valence-electron chi connectivity index (χ0n) is 47.1. The summed E-state index contributed by atoms with van der Waals surface area (Å²) in [4.78, 5) is 4.88. The van der Waals surface area contributed by atoms with Crippen LogP contribution in [0.3, 0.4) is 0 Å². The van der Waals surface area contributed by atoms with Gasteiger partial charge in [-0.05, 0) is 174 Å². The first-order valence-electron chi connectivity index (χ1n) is 29.0. The molecular weight excluding hydrogens is 1010 g/mol. The van der Waals surface area contributed by atoms with Crippen LogP contribution in [-0.4, -0.2) is 0 Å². The maximum absolute atomic E-state index is 2.44. The molecule has 14 aromatic rings. The van der Waals surface area contributed by atoms with E-state index in [1.807, 2.05) is 0 Å². The van der Waals surface area contributed by atoms with Crippen molar-refractivity contribution in [2.75, 3.05) is 9.80 Å². The molecule has 0 amide bonds. The zero-order chi connectivity index (χ0) is 56.3. The van der Waals surface area contributed by atoms with Crippen LogP contribution in [0.4, 0.5) is 34.1 Å². The highest BCUT2D eigenvalue weighted by atomic mass is 15.2. The summed E-state index contributed by atoms with van der Waals surface area (Å²) in [6.07, 6.45) is 0. The van der Waals surface area contributed by atoms with E-state index < -0.39 is 0 Å². The first kappa shape index (κ1) is 51.4. The molecule has 84 heavy (non-hydrogen) atoms. The Balaban J connectivity index is 0.848. The van der Waals surface area contributed by atoms with Crippen LogP contribution in [-0.2, 0) is 0 Å². The fraction of sp³-hybridized carbons (Fsp3) is 0.0244. The second kappa shape index (κ2) is 22.6. The van der Waals surface area contributed by atoms with Crippen molar-refractivity contribution in [3.8, 4) is 77.9 Å². The van der Waals surface area contributed by atoms with Crippen LogP contribution in [0, 0.1) is 13.8 Å². The molecule has 0 saturated carbocycles. The average molecular weight is 1070 g/mol. The number of hydrogen-bond acceptors (Lipinski definition) is 2.